The molecule has 0 aromatic heterocycles. The van der Waals surface area contributed by atoms with Crippen LogP contribution in [-0.4, -0.2) is 63.8 Å². The van der Waals surface area contributed by atoms with Gasteiger partial charge in [-0.25, -0.2) is 17.1 Å². The van der Waals surface area contributed by atoms with E-state index in [1.54, 1.807) is 17.0 Å². The SMILES string of the molecule is CN(C)S(=O)(=O)c1cc(C(=O)N2CCCN(c3ccc(C#N)cc3)CC2)ccc1F. The molecule has 1 heterocycles. The number of hydrogen-bond acceptors (Lipinski definition) is 5. The monoisotopic (exact) mass is 430 g/mol. The largest absolute Gasteiger partial charge is 0.370 e. The minimum Gasteiger partial charge on any atom is -0.370 e. The molecule has 0 unspecified atom stereocenters. The Morgan fingerprint density at radius 3 is 2.40 bits per heavy atom. The standard InChI is InChI=1S/C21H23FN4O3S/c1-24(2)30(28,29)20-14-17(6-9-19(20)22)21(27)26-11-3-10-25(12-13-26)18-7-4-16(15-23)5-8-18/h4-9,14H,3,10-13H2,1-2H3. The number of amides is 1. The summed E-state index contributed by atoms with van der Waals surface area (Å²) in [5, 5.41) is 8.93. The first-order valence-corrected chi connectivity index (χ1v) is 10.9. The highest BCUT2D eigenvalue weighted by molar-refractivity contribution is 7.89. The molecular weight excluding hydrogens is 407 g/mol. The minimum atomic E-state index is -4.00. The van der Waals surface area contributed by atoms with Crippen LogP contribution in [-0.2, 0) is 10.0 Å². The summed E-state index contributed by atoms with van der Waals surface area (Å²) in [6.07, 6.45) is 0.732. The maximum Gasteiger partial charge on any atom is 0.253 e. The number of rotatable bonds is 4. The lowest BCUT2D eigenvalue weighted by Crippen LogP contribution is -2.35. The van der Waals surface area contributed by atoms with E-state index in [2.05, 4.69) is 11.0 Å². The third-order valence-electron chi connectivity index (χ3n) is 5.08. The molecule has 2 aromatic carbocycles. The average Bonchev–Trinajstić information content (AvgIpc) is 2.99. The first-order chi connectivity index (χ1) is 14.2. The van der Waals surface area contributed by atoms with E-state index in [1.807, 2.05) is 12.1 Å². The van der Waals surface area contributed by atoms with Crippen molar-refractivity contribution < 1.29 is 17.6 Å². The van der Waals surface area contributed by atoms with Crippen LogP contribution in [0.1, 0.15) is 22.3 Å². The predicted octanol–water partition coefficient (Wildman–Crippen LogP) is 2.30. The Balaban J connectivity index is 1.77. The molecule has 0 bridgehead atoms. The van der Waals surface area contributed by atoms with Gasteiger partial charge in [-0.2, -0.15) is 5.26 Å². The van der Waals surface area contributed by atoms with Gasteiger partial charge in [0.15, 0.2) is 0 Å². The molecule has 1 aliphatic heterocycles. The topological polar surface area (TPSA) is 84.7 Å². The molecule has 3 rings (SSSR count). The summed E-state index contributed by atoms with van der Waals surface area (Å²) in [6, 6.07) is 12.8. The Kier molecular flexibility index (Phi) is 6.39. The lowest BCUT2D eigenvalue weighted by molar-refractivity contribution is 0.0766. The van der Waals surface area contributed by atoms with Crippen LogP contribution in [0.15, 0.2) is 47.4 Å². The summed E-state index contributed by atoms with van der Waals surface area (Å²) >= 11 is 0. The number of nitriles is 1. The molecular formula is C21H23FN4O3S. The molecule has 0 aliphatic carbocycles. The zero-order chi connectivity index (χ0) is 21.9. The molecule has 0 atom stereocenters. The zero-order valence-electron chi connectivity index (χ0n) is 16.9. The molecule has 7 nitrogen and oxygen atoms in total. The maximum atomic E-state index is 14.1. The summed E-state index contributed by atoms with van der Waals surface area (Å²) < 4.78 is 39.7. The van der Waals surface area contributed by atoms with Gasteiger partial charge in [0.1, 0.15) is 10.7 Å². The Bertz CT molecular complexity index is 1080. The number of halogens is 1. The lowest BCUT2D eigenvalue weighted by atomic mass is 10.2. The van der Waals surface area contributed by atoms with Crippen LogP contribution in [0.2, 0.25) is 0 Å². The number of carbonyl (C=O) groups is 1. The fourth-order valence-corrected chi connectivity index (χ4v) is 4.32. The third-order valence-corrected chi connectivity index (χ3v) is 6.91. The van der Waals surface area contributed by atoms with Crippen molar-refractivity contribution in [2.24, 2.45) is 0 Å². The second-order valence-corrected chi connectivity index (χ2v) is 9.34. The van der Waals surface area contributed by atoms with Crippen LogP contribution in [0.5, 0.6) is 0 Å². The number of hydrogen-bond donors (Lipinski definition) is 0. The summed E-state index contributed by atoms with van der Waals surface area (Å²) in [6.45, 7) is 2.31. The van der Waals surface area contributed by atoms with Crippen LogP contribution < -0.4 is 4.90 Å². The second kappa shape index (κ2) is 8.81. The maximum absolute atomic E-state index is 14.1. The highest BCUT2D eigenvalue weighted by atomic mass is 32.2. The van der Waals surface area contributed by atoms with Gasteiger partial charge in [0.25, 0.3) is 5.91 Å². The van der Waals surface area contributed by atoms with E-state index in [4.69, 9.17) is 5.26 Å². The molecule has 0 saturated carbocycles. The Labute approximate surface area is 176 Å². The van der Waals surface area contributed by atoms with Crippen molar-refractivity contribution in [2.75, 3.05) is 45.2 Å². The van der Waals surface area contributed by atoms with Gasteiger partial charge in [0.2, 0.25) is 10.0 Å². The van der Waals surface area contributed by atoms with Crippen molar-refractivity contribution in [2.45, 2.75) is 11.3 Å². The van der Waals surface area contributed by atoms with Crippen LogP contribution >= 0.6 is 0 Å². The molecule has 2 aromatic rings. The highest BCUT2D eigenvalue weighted by Crippen LogP contribution is 2.22. The summed E-state index contributed by atoms with van der Waals surface area (Å²) in [4.78, 5) is 16.3. The van der Waals surface area contributed by atoms with E-state index < -0.39 is 20.7 Å². The molecule has 30 heavy (non-hydrogen) atoms. The van der Waals surface area contributed by atoms with Gasteiger partial charge in [0, 0.05) is 51.5 Å². The molecule has 1 fully saturated rings. The minimum absolute atomic E-state index is 0.142. The van der Waals surface area contributed by atoms with Crippen molar-refractivity contribution in [3.05, 3.63) is 59.4 Å². The molecule has 0 N–H and O–H groups in total. The normalized spacial score (nSPS) is 15.0. The van der Waals surface area contributed by atoms with Gasteiger partial charge in [-0.15, -0.1) is 0 Å². The van der Waals surface area contributed by atoms with E-state index in [9.17, 15) is 17.6 Å². The number of carbonyl (C=O) groups excluding carboxylic acids is 1. The quantitative estimate of drug-likeness (QED) is 0.743. The van der Waals surface area contributed by atoms with Gasteiger partial charge < -0.3 is 9.80 Å². The lowest BCUT2D eigenvalue weighted by Gasteiger charge is -2.24. The van der Waals surface area contributed by atoms with E-state index in [0.29, 0.717) is 25.2 Å². The van der Waals surface area contributed by atoms with Gasteiger partial charge in [-0.1, -0.05) is 0 Å². The number of anilines is 1. The van der Waals surface area contributed by atoms with Crippen LogP contribution in [0.25, 0.3) is 0 Å². The third kappa shape index (κ3) is 4.45. The van der Waals surface area contributed by atoms with Crippen molar-refractivity contribution in [1.82, 2.24) is 9.21 Å². The van der Waals surface area contributed by atoms with E-state index in [0.717, 1.165) is 35.1 Å². The number of benzene rings is 2. The Hall–Kier alpha value is -2.96. The summed E-state index contributed by atoms with van der Waals surface area (Å²) in [5.41, 5.74) is 1.71. The molecule has 1 aliphatic rings. The van der Waals surface area contributed by atoms with Gasteiger partial charge in [0.05, 0.1) is 11.6 Å². The van der Waals surface area contributed by atoms with Crippen LogP contribution in [0.3, 0.4) is 0 Å². The number of sulfonamides is 1. The smallest absolute Gasteiger partial charge is 0.253 e. The second-order valence-electron chi connectivity index (χ2n) is 7.22. The molecule has 1 amide bonds. The fraction of sp³-hybridized carbons (Fsp3) is 0.333. The van der Waals surface area contributed by atoms with Crippen LogP contribution in [0, 0.1) is 17.1 Å². The highest BCUT2D eigenvalue weighted by Gasteiger charge is 2.26. The van der Waals surface area contributed by atoms with Crippen LogP contribution in [0.4, 0.5) is 10.1 Å². The van der Waals surface area contributed by atoms with E-state index >= 15 is 0 Å². The van der Waals surface area contributed by atoms with Crippen molar-refractivity contribution in [1.29, 1.82) is 5.26 Å². The molecule has 9 heteroatoms. The Morgan fingerprint density at radius 1 is 1.07 bits per heavy atom. The Morgan fingerprint density at radius 2 is 1.77 bits per heavy atom. The molecule has 1 saturated heterocycles. The molecule has 0 spiro atoms. The fourth-order valence-electron chi connectivity index (χ4n) is 3.34. The zero-order valence-corrected chi connectivity index (χ0v) is 17.7. The van der Waals surface area contributed by atoms with Gasteiger partial charge in [-0.3, -0.25) is 4.79 Å². The van der Waals surface area contributed by atoms with Gasteiger partial charge in [-0.05, 0) is 48.9 Å². The van der Waals surface area contributed by atoms with Gasteiger partial charge >= 0.3 is 0 Å². The average molecular weight is 431 g/mol. The van der Waals surface area contributed by atoms with Crippen molar-refractivity contribution in [3.63, 3.8) is 0 Å². The summed E-state index contributed by atoms with van der Waals surface area (Å²) in [5.74, 6) is -1.21. The number of nitrogens with zero attached hydrogens (tertiary/aromatic N) is 4. The predicted molar refractivity (Wildman–Crippen MR) is 111 cm³/mol. The van der Waals surface area contributed by atoms with E-state index in [1.165, 1.54) is 20.2 Å². The van der Waals surface area contributed by atoms with Crippen molar-refractivity contribution in [3.8, 4) is 6.07 Å². The first kappa shape index (κ1) is 21.7. The molecule has 0 radical (unpaired) electrons. The van der Waals surface area contributed by atoms with Crippen molar-refractivity contribution >= 4 is 21.6 Å². The molecule has 158 valence electrons. The van der Waals surface area contributed by atoms with E-state index in [-0.39, 0.29) is 11.5 Å². The first-order valence-electron chi connectivity index (χ1n) is 9.50. The summed E-state index contributed by atoms with van der Waals surface area (Å²) in [7, 11) is -1.37.